The van der Waals surface area contributed by atoms with Gasteiger partial charge in [-0.3, -0.25) is 0 Å². The van der Waals surface area contributed by atoms with Crippen LogP contribution in [0.5, 0.6) is 0 Å². The molecule has 8 heteroatoms. The Kier molecular flexibility index (Phi) is 3.78. The molecule has 3 heterocycles. The molecule has 3 rings (SSSR count). The fourth-order valence-corrected chi connectivity index (χ4v) is 2.66. The van der Waals surface area contributed by atoms with Gasteiger partial charge in [-0.05, 0) is 18.4 Å². The van der Waals surface area contributed by atoms with Crippen molar-refractivity contribution < 1.29 is 14.1 Å². The molecule has 0 radical (unpaired) electrons. The Bertz CT molecular complexity index is 719. The molecule has 108 valence electrons. The van der Waals surface area contributed by atoms with E-state index < -0.39 is 5.97 Å². The first-order valence-electron chi connectivity index (χ1n) is 6.33. The zero-order valence-electron chi connectivity index (χ0n) is 11.2. The Hall–Kier alpha value is -2.48. The van der Waals surface area contributed by atoms with Crippen molar-refractivity contribution in [1.82, 2.24) is 20.2 Å². The molecular formula is C13H12N4O3S. The molecule has 0 fully saturated rings. The highest BCUT2D eigenvalue weighted by Crippen LogP contribution is 2.28. The fraction of sp³-hybridized carbons (Fsp3) is 0.231. The molecule has 0 unspecified atom stereocenters. The van der Waals surface area contributed by atoms with Crippen LogP contribution in [0, 0.1) is 0 Å². The Morgan fingerprint density at radius 3 is 3.05 bits per heavy atom. The van der Waals surface area contributed by atoms with Crippen LogP contribution in [0.3, 0.4) is 0 Å². The van der Waals surface area contributed by atoms with Gasteiger partial charge in [0.05, 0.1) is 17.7 Å². The number of carbonyl (C=O) groups excluding carboxylic acids is 1. The van der Waals surface area contributed by atoms with Crippen LogP contribution >= 0.6 is 11.3 Å². The summed E-state index contributed by atoms with van der Waals surface area (Å²) in [7, 11) is 0. The third-order valence-electron chi connectivity index (χ3n) is 2.76. The Morgan fingerprint density at radius 1 is 1.48 bits per heavy atom. The highest BCUT2D eigenvalue weighted by molar-refractivity contribution is 7.13. The number of hydrogen-bond donors (Lipinski definition) is 0. The summed E-state index contributed by atoms with van der Waals surface area (Å²) in [4.78, 5) is 12.9. The second-order valence-corrected chi connectivity index (χ2v) is 5.07. The SMILES string of the molecule is CCOC(=O)c1nnn(Cc2ccno2)c1-c1cccs1. The number of hydrogen-bond acceptors (Lipinski definition) is 7. The van der Waals surface area contributed by atoms with Crippen LogP contribution in [0.4, 0.5) is 0 Å². The van der Waals surface area contributed by atoms with Gasteiger partial charge in [-0.2, -0.15) is 0 Å². The number of thiophene rings is 1. The maximum absolute atomic E-state index is 12.0. The normalized spacial score (nSPS) is 10.7. The predicted molar refractivity (Wildman–Crippen MR) is 74.9 cm³/mol. The summed E-state index contributed by atoms with van der Waals surface area (Å²) in [6.45, 7) is 2.39. The molecule has 21 heavy (non-hydrogen) atoms. The minimum absolute atomic E-state index is 0.207. The fourth-order valence-electron chi connectivity index (χ4n) is 1.89. The molecule has 3 aromatic heterocycles. The average molecular weight is 304 g/mol. The molecule has 0 aliphatic rings. The van der Waals surface area contributed by atoms with Gasteiger partial charge >= 0.3 is 5.97 Å². The van der Waals surface area contributed by atoms with E-state index in [4.69, 9.17) is 9.26 Å². The number of esters is 1. The van der Waals surface area contributed by atoms with E-state index in [1.807, 2.05) is 17.5 Å². The summed E-state index contributed by atoms with van der Waals surface area (Å²) in [6, 6.07) is 5.55. The second-order valence-electron chi connectivity index (χ2n) is 4.12. The Morgan fingerprint density at radius 2 is 2.38 bits per heavy atom. The highest BCUT2D eigenvalue weighted by Gasteiger charge is 2.23. The van der Waals surface area contributed by atoms with Gasteiger partial charge in [0.1, 0.15) is 12.2 Å². The van der Waals surface area contributed by atoms with Crippen LogP contribution in [-0.4, -0.2) is 32.7 Å². The van der Waals surface area contributed by atoms with Crippen LogP contribution < -0.4 is 0 Å². The molecule has 3 aromatic rings. The minimum atomic E-state index is -0.482. The maximum atomic E-state index is 12.0. The van der Waals surface area contributed by atoms with E-state index in [1.165, 1.54) is 11.3 Å². The summed E-state index contributed by atoms with van der Waals surface area (Å²) >= 11 is 1.50. The Balaban J connectivity index is 2.02. The lowest BCUT2D eigenvalue weighted by molar-refractivity contribution is 0.0520. The van der Waals surface area contributed by atoms with Crippen molar-refractivity contribution >= 4 is 17.3 Å². The maximum Gasteiger partial charge on any atom is 0.361 e. The van der Waals surface area contributed by atoms with Crippen LogP contribution in [0.2, 0.25) is 0 Å². The molecule has 0 aliphatic carbocycles. The number of carbonyl (C=O) groups is 1. The molecule has 7 nitrogen and oxygen atoms in total. The van der Waals surface area contributed by atoms with Gasteiger partial charge in [-0.1, -0.05) is 16.4 Å². The molecule has 0 spiro atoms. The van der Waals surface area contributed by atoms with Crippen molar-refractivity contribution in [3.8, 4) is 10.6 Å². The van der Waals surface area contributed by atoms with Crippen LogP contribution in [0.1, 0.15) is 23.2 Å². The van der Waals surface area contributed by atoms with E-state index in [2.05, 4.69) is 15.5 Å². The first-order chi connectivity index (χ1) is 10.3. The smallest absolute Gasteiger partial charge is 0.361 e. The number of aromatic nitrogens is 4. The highest BCUT2D eigenvalue weighted by atomic mass is 32.1. The van der Waals surface area contributed by atoms with Crippen molar-refractivity contribution in [2.75, 3.05) is 6.61 Å². The molecule has 0 atom stereocenters. The molecule has 0 bridgehead atoms. The van der Waals surface area contributed by atoms with E-state index in [1.54, 1.807) is 23.9 Å². The summed E-state index contributed by atoms with van der Waals surface area (Å²) in [5, 5.41) is 13.6. The number of ether oxygens (including phenoxy) is 1. The lowest BCUT2D eigenvalue weighted by Gasteiger charge is -2.04. The Labute approximate surface area is 124 Å². The average Bonchev–Trinajstić information content (AvgIpc) is 3.20. The van der Waals surface area contributed by atoms with Crippen molar-refractivity contribution in [3.63, 3.8) is 0 Å². The number of nitrogens with zero attached hydrogens (tertiary/aromatic N) is 4. The van der Waals surface area contributed by atoms with E-state index in [0.29, 0.717) is 18.0 Å². The largest absolute Gasteiger partial charge is 0.461 e. The van der Waals surface area contributed by atoms with Gasteiger partial charge in [-0.15, -0.1) is 16.4 Å². The topological polar surface area (TPSA) is 83.0 Å². The standard InChI is InChI=1S/C13H12N4O3S/c1-2-19-13(18)11-12(10-4-3-7-21-10)17(16-15-11)8-9-5-6-14-20-9/h3-7H,2,8H2,1H3. The van der Waals surface area contributed by atoms with Gasteiger partial charge in [0, 0.05) is 6.07 Å². The van der Waals surface area contributed by atoms with Crippen molar-refractivity contribution in [2.45, 2.75) is 13.5 Å². The van der Waals surface area contributed by atoms with Gasteiger partial charge in [0.25, 0.3) is 0 Å². The molecule has 0 aliphatic heterocycles. The zero-order chi connectivity index (χ0) is 14.7. The molecule has 0 N–H and O–H groups in total. The summed E-state index contributed by atoms with van der Waals surface area (Å²) in [5.74, 6) is 0.151. The monoisotopic (exact) mass is 304 g/mol. The van der Waals surface area contributed by atoms with E-state index in [9.17, 15) is 4.79 Å². The predicted octanol–water partition coefficient (Wildman–Crippen LogP) is 2.22. The molecule has 0 saturated carbocycles. The molecule has 0 aromatic carbocycles. The van der Waals surface area contributed by atoms with E-state index >= 15 is 0 Å². The first kappa shape index (κ1) is 13.5. The lowest BCUT2D eigenvalue weighted by atomic mass is 10.2. The van der Waals surface area contributed by atoms with Crippen LogP contribution in [0.15, 0.2) is 34.3 Å². The van der Waals surface area contributed by atoms with Crippen molar-refractivity contribution in [1.29, 1.82) is 0 Å². The second kappa shape index (κ2) is 5.88. The first-order valence-corrected chi connectivity index (χ1v) is 7.21. The molecule has 0 amide bonds. The van der Waals surface area contributed by atoms with Crippen molar-refractivity contribution in [2.24, 2.45) is 0 Å². The third-order valence-corrected chi connectivity index (χ3v) is 3.63. The van der Waals surface area contributed by atoms with Crippen molar-refractivity contribution in [3.05, 3.63) is 41.2 Å². The lowest BCUT2D eigenvalue weighted by Crippen LogP contribution is -2.08. The minimum Gasteiger partial charge on any atom is -0.461 e. The number of rotatable bonds is 5. The quantitative estimate of drug-likeness (QED) is 0.672. The molecule has 0 saturated heterocycles. The van der Waals surface area contributed by atoms with Crippen LogP contribution in [-0.2, 0) is 11.3 Å². The van der Waals surface area contributed by atoms with Gasteiger partial charge in [0.2, 0.25) is 0 Å². The molecular weight excluding hydrogens is 292 g/mol. The summed E-state index contributed by atoms with van der Waals surface area (Å²) in [5.41, 5.74) is 0.832. The van der Waals surface area contributed by atoms with Gasteiger partial charge in [0.15, 0.2) is 11.5 Å². The third kappa shape index (κ3) is 2.70. The van der Waals surface area contributed by atoms with E-state index in [0.717, 1.165) is 4.88 Å². The summed E-state index contributed by atoms with van der Waals surface area (Å²) < 4.78 is 11.7. The van der Waals surface area contributed by atoms with Crippen LogP contribution in [0.25, 0.3) is 10.6 Å². The van der Waals surface area contributed by atoms with Gasteiger partial charge in [-0.25, -0.2) is 9.48 Å². The zero-order valence-corrected chi connectivity index (χ0v) is 12.0. The van der Waals surface area contributed by atoms with Gasteiger partial charge < -0.3 is 9.26 Å². The van der Waals surface area contributed by atoms with E-state index in [-0.39, 0.29) is 12.3 Å². The summed E-state index contributed by atoms with van der Waals surface area (Å²) in [6.07, 6.45) is 1.56.